The zero-order valence-corrected chi connectivity index (χ0v) is 15.5. The number of aryl methyl sites for hydroxylation is 1. The van der Waals surface area contributed by atoms with Crippen LogP contribution in [0.15, 0.2) is 36.4 Å². The largest absolute Gasteiger partial charge is 0.481 e. The highest BCUT2D eigenvalue weighted by Gasteiger charge is 2.33. The van der Waals surface area contributed by atoms with Gasteiger partial charge in [0.15, 0.2) is 0 Å². The van der Waals surface area contributed by atoms with Crippen LogP contribution in [0.5, 0.6) is 0 Å². The fraction of sp³-hybridized carbons (Fsp3) is 0.238. The molecule has 0 aliphatic carbocycles. The van der Waals surface area contributed by atoms with Crippen molar-refractivity contribution in [3.8, 4) is 11.8 Å². The Morgan fingerprint density at radius 1 is 1.41 bits per heavy atom. The number of fused-ring (bicyclic) bond motifs is 3. The van der Waals surface area contributed by atoms with Gasteiger partial charge in [-0.1, -0.05) is 29.8 Å². The molecule has 1 unspecified atom stereocenters. The van der Waals surface area contributed by atoms with Crippen LogP contribution >= 0.6 is 11.6 Å². The first kappa shape index (κ1) is 17.6. The molecule has 0 spiro atoms. The number of rotatable bonds is 3. The highest BCUT2D eigenvalue weighted by molar-refractivity contribution is 6.35. The molecule has 1 N–H and O–H groups in total. The van der Waals surface area contributed by atoms with E-state index < -0.39 is 12.1 Å². The molecule has 6 heteroatoms. The molecule has 136 valence electrons. The summed E-state index contributed by atoms with van der Waals surface area (Å²) < 4.78 is 7.78. The smallest absolute Gasteiger partial charge is 0.306 e. The van der Waals surface area contributed by atoms with Crippen LogP contribution in [0, 0.1) is 18.3 Å². The number of benzene rings is 2. The Morgan fingerprint density at radius 3 is 2.81 bits per heavy atom. The first-order chi connectivity index (χ1) is 13.0. The van der Waals surface area contributed by atoms with Gasteiger partial charge in [0.1, 0.15) is 12.2 Å². The quantitative estimate of drug-likeness (QED) is 0.723. The number of carboxylic acids is 1. The molecule has 2 aromatic carbocycles. The lowest BCUT2D eigenvalue weighted by atomic mass is 9.96. The monoisotopic (exact) mass is 380 g/mol. The van der Waals surface area contributed by atoms with Crippen LogP contribution in [0.4, 0.5) is 0 Å². The molecule has 2 heterocycles. The molecule has 1 aliphatic heterocycles. The molecule has 0 saturated carbocycles. The van der Waals surface area contributed by atoms with Gasteiger partial charge in [-0.05, 0) is 42.7 Å². The molecule has 0 fully saturated rings. The Kier molecular flexibility index (Phi) is 4.39. The maximum absolute atomic E-state index is 11.4. The fourth-order valence-electron chi connectivity index (χ4n) is 3.94. The molecule has 1 atom stereocenters. The second kappa shape index (κ2) is 6.73. The average Bonchev–Trinajstić information content (AvgIpc) is 2.99. The molecule has 0 saturated heterocycles. The number of carbonyl (C=O) groups is 1. The third kappa shape index (κ3) is 2.78. The van der Waals surface area contributed by atoms with Gasteiger partial charge < -0.3 is 14.4 Å². The van der Waals surface area contributed by atoms with E-state index in [0.717, 1.165) is 33.4 Å². The predicted molar refractivity (Wildman–Crippen MR) is 102 cm³/mol. The van der Waals surface area contributed by atoms with Crippen LogP contribution in [-0.2, 0) is 16.0 Å². The molecular formula is C21H17ClN2O3. The van der Waals surface area contributed by atoms with Crippen molar-refractivity contribution in [2.45, 2.75) is 25.9 Å². The molecule has 3 aromatic rings. The number of carboxylic acid groups (broad SMARTS) is 1. The molecular weight excluding hydrogens is 364 g/mol. The van der Waals surface area contributed by atoms with Gasteiger partial charge in [-0.25, -0.2) is 0 Å². The van der Waals surface area contributed by atoms with Crippen molar-refractivity contribution in [2.24, 2.45) is 0 Å². The van der Waals surface area contributed by atoms with Crippen LogP contribution in [0.25, 0.3) is 16.6 Å². The first-order valence-corrected chi connectivity index (χ1v) is 9.06. The number of halogens is 1. The second-order valence-corrected chi connectivity index (χ2v) is 7.03. The topological polar surface area (TPSA) is 75.2 Å². The summed E-state index contributed by atoms with van der Waals surface area (Å²) in [7, 11) is 0. The Balaban J connectivity index is 2.17. The summed E-state index contributed by atoms with van der Waals surface area (Å²) in [6, 6.07) is 13.7. The van der Waals surface area contributed by atoms with Gasteiger partial charge >= 0.3 is 5.97 Å². The van der Waals surface area contributed by atoms with Crippen LogP contribution in [0.1, 0.15) is 34.9 Å². The number of nitriles is 1. The lowest BCUT2D eigenvalue weighted by molar-refractivity contribution is -0.140. The maximum atomic E-state index is 11.4. The highest BCUT2D eigenvalue weighted by atomic mass is 35.5. The normalized spacial score (nSPS) is 16.1. The SMILES string of the molecule is Cc1cc(Cl)c2c(c1C#N)c1c(n2-c2ccccc2)C(CC(=O)O)OCC1. The summed E-state index contributed by atoms with van der Waals surface area (Å²) in [5, 5.41) is 20.5. The van der Waals surface area contributed by atoms with Gasteiger partial charge in [0.25, 0.3) is 0 Å². The molecule has 5 nitrogen and oxygen atoms in total. The Bertz CT molecular complexity index is 1100. The molecule has 0 radical (unpaired) electrons. The van der Waals surface area contributed by atoms with E-state index >= 15 is 0 Å². The second-order valence-electron chi connectivity index (χ2n) is 6.63. The van der Waals surface area contributed by atoms with E-state index in [2.05, 4.69) is 6.07 Å². The lowest BCUT2D eigenvalue weighted by Gasteiger charge is -2.25. The minimum atomic E-state index is -0.930. The van der Waals surface area contributed by atoms with Gasteiger partial charge in [-0.3, -0.25) is 4.79 Å². The molecule has 1 aromatic heterocycles. The van der Waals surface area contributed by atoms with E-state index in [1.54, 1.807) is 6.07 Å². The first-order valence-electron chi connectivity index (χ1n) is 8.68. The summed E-state index contributed by atoms with van der Waals surface area (Å²) in [6.07, 6.45) is -0.132. The van der Waals surface area contributed by atoms with Crippen molar-refractivity contribution in [2.75, 3.05) is 6.61 Å². The highest BCUT2D eigenvalue weighted by Crippen LogP contribution is 2.43. The molecule has 0 amide bonds. The molecule has 0 bridgehead atoms. The van der Waals surface area contributed by atoms with Crippen LogP contribution < -0.4 is 0 Å². The zero-order chi connectivity index (χ0) is 19.1. The summed E-state index contributed by atoms with van der Waals surface area (Å²) in [5.41, 5.74) is 4.71. The number of aromatic nitrogens is 1. The number of para-hydroxylation sites is 1. The van der Waals surface area contributed by atoms with Crippen molar-refractivity contribution in [3.05, 3.63) is 63.8 Å². The zero-order valence-electron chi connectivity index (χ0n) is 14.7. The van der Waals surface area contributed by atoms with Crippen LogP contribution in [0.2, 0.25) is 5.02 Å². The van der Waals surface area contributed by atoms with Gasteiger partial charge in [0, 0.05) is 11.1 Å². The number of nitrogens with zero attached hydrogens (tertiary/aromatic N) is 2. The van der Waals surface area contributed by atoms with Gasteiger partial charge in [0.05, 0.1) is 34.8 Å². The lowest BCUT2D eigenvalue weighted by Crippen LogP contribution is -2.21. The van der Waals surface area contributed by atoms with Crippen molar-refractivity contribution >= 4 is 28.5 Å². The molecule has 4 rings (SSSR count). The standard InChI is InChI=1S/C21H17ClN2O3/c1-12-9-16(22)21-19(15(12)11-23)14-7-8-27-17(10-18(25)26)20(14)24(21)13-5-3-2-4-6-13/h2-6,9,17H,7-8,10H2,1H3,(H,25,26). The van der Waals surface area contributed by atoms with E-state index in [1.165, 1.54) is 0 Å². The van der Waals surface area contributed by atoms with Crippen molar-refractivity contribution in [1.29, 1.82) is 5.26 Å². The third-order valence-corrected chi connectivity index (χ3v) is 5.28. The van der Waals surface area contributed by atoms with Crippen LogP contribution in [0.3, 0.4) is 0 Å². The Labute approximate surface area is 161 Å². The van der Waals surface area contributed by atoms with E-state index in [0.29, 0.717) is 23.6 Å². The van der Waals surface area contributed by atoms with E-state index in [-0.39, 0.29) is 6.42 Å². The summed E-state index contributed by atoms with van der Waals surface area (Å²) in [5.74, 6) is -0.930. The fourth-order valence-corrected chi connectivity index (χ4v) is 4.28. The van der Waals surface area contributed by atoms with Crippen molar-refractivity contribution in [3.63, 3.8) is 0 Å². The van der Waals surface area contributed by atoms with E-state index in [4.69, 9.17) is 16.3 Å². The minimum absolute atomic E-state index is 0.144. The number of hydrogen-bond donors (Lipinski definition) is 1. The number of ether oxygens (including phenoxy) is 1. The summed E-state index contributed by atoms with van der Waals surface area (Å²) in [6.45, 7) is 2.28. The third-order valence-electron chi connectivity index (χ3n) is 4.99. The summed E-state index contributed by atoms with van der Waals surface area (Å²) in [4.78, 5) is 11.4. The van der Waals surface area contributed by atoms with E-state index in [9.17, 15) is 15.2 Å². The maximum Gasteiger partial charge on any atom is 0.306 e. The minimum Gasteiger partial charge on any atom is -0.481 e. The number of aliphatic carboxylic acids is 1. The predicted octanol–water partition coefficient (Wildman–Crippen LogP) is 4.55. The number of hydrogen-bond acceptors (Lipinski definition) is 3. The van der Waals surface area contributed by atoms with Crippen molar-refractivity contribution < 1.29 is 14.6 Å². The molecule has 27 heavy (non-hydrogen) atoms. The van der Waals surface area contributed by atoms with Gasteiger partial charge in [0.2, 0.25) is 0 Å². The van der Waals surface area contributed by atoms with Crippen molar-refractivity contribution in [1.82, 2.24) is 4.57 Å². The Hall–Kier alpha value is -2.81. The molecule has 1 aliphatic rings. The van der Waals surface area contributed by atoms with Crippen LogP contribution in [-0.4, -0.2) is 22.2 Å². The van der Waals surface area contributed by atoms with Gasteiger partial charge in [-0.15, -0.1) is 0 Å². The Morgan fingerprint density at radius 2 is 2.15 bits per heavy atom. The average molecular weight is 381 g/mol. The van der Waals surface area contributed by atoms with Gasteiger partial charge in [-0.2, -0.15) is 5.26 Å². The van der Waals surface area contributed by atoms with E-state index in [1.807, 2.05) is 41.8 Å². The summed E-state index contributed by atoms with van der Waals surface area (Å²) >= 11 is 6.63.